The fourth-order valence-corrected chi connectivity index (χ4v) is 3.39. The number of benzene rings is 2. The number of amides is 1. The van der Waals surface area contributed by atoms with Crippen LogP contribution in [-0.2, 0) is 0 Å². The standard InChI is InChI=1S/C22H18ClNO3/c23-18-6-3-4-16(14-18)8-9-22(26)10-12-24(13-11-22)21(25)20-15-17-5-1-2-7-19(17)27-20/h1-7,14-15,26H,10-13H2. The Bertz CT molecular complexity index is 1020. The molecule has 0 spiro atoms. The van der Waals surface area contributed by atoms with E-state index in [1.165, 1.54) is 0 Å². The van der Waals surface area contributed by atoms with E-state index in [0.29, 0.717) is 42.3 Å². The van der Waals surface area contributed by atoms with Crippen LogP contribution in [0.25, 0.3) is 11.0 Å². The van der Waals surface area contributed by atoms with Crippen molar-refractivity contribution in [3.05, 3.63) is 70.9 Å². The lowest BCUT2D eigenvalue weighted by molar-refractivity contribution is 0.0235. The molecule has 5 heteroatoms. The van der Waals surface area contributed by atoms with Crippen LogP contribution in [0.2, 0.25) is 5.02 Å². The first-order valence-electron chi connectivity index (χ1n) is 8.81. The first-order valence-corrected chi connectivity index (χ1v) is 9.19. The van der Waals surface area contributed by atoms with Crippen LogP contribution < -0.4 is 0 Å². The summed E-state index contributed by atoms with van der Waals surface area (Å²) in [5, 5.41) is 12.2. The normalized spacial score (nSPS) is 16.0. The summed E-state index contributed by atoms with van der Waals surface area (Å²) in [6.07, 6.45) is 0.791. The third-order valence-corrected chi connectivity index (χ3v) is 5.01. The lowest BCUT2D eigenvalue weighted by atomic mass is 9.91. The molecule has 4 rings (SSSR count). The summed E-state index contributed by atoms with van der Waals surface area (Å²) in [4.78, 5) is 14.4. The second kappa shape index (κ2) is 7.11. The second-order valence-electron chi connectivity index (χ2n) is 6.73. The molecule has 136 valence electrons. The van der Waals surface area contributed by atoms with Crippen LogP contribution in [-0.4, -0.2) is 34.6 Å². The summed E-state index contributed by atoms with van der Waals surface area (Å²) in [5.41, 5.74) is 0.353. The predicted octanol–water partition coefficient (Wildman–Crippen LogP) is 4.11. The molecule has 0 unspecified atom stereocenters. The Balaban J connectivity index is 1.44. The number of hydrogen-bond acceptors (Lipinski definition) is 3. The van der Waals surface area contributed by atoms with Crippen molar-refractivity contribution in [1.82, 2.24) is 4.90 Å². The third-order valence-electron chi connectivity index (χ3n) is 4.78. The Morgan fingerprint density at radius 2 is 1.89 bits per heavy atom. The molecule has 27 heavy (non-hydrogen) atoms. The van der Waals surface area contributed by atoms with Gasteiger partial charge in [-0.1, -0.05) is 47.7 Å². The molecule has 3 aromatic rings. The highest BCUT2D eigenvalue weighted by Gasteiger charge is 2.33. The first kappa shape index (κ1) is 17.7. The number of fused-ring (bicyclic) bond motifs is 1. The van der Waals surface area contributed by atoms with E-state index in [1.54, 1.807) is 23.1 Å². The van der Waals surface area contributed by atoms with Gasteiger partial charge in [-0.25, -0.2) is 0 Å². The van der Waals surface area contributed by atoms with Crippen molar-refractivity contribution in [3.63, 3.8) is 0 Å². The maximum Gasteiger partial charge on any atom is 0.289 e. The van der Waals surface area contributed by atoms with Gasteiger partial charge in [0.2, 0.25) is 0 Å². The molecule has 4 nitrogen and oxygen atoms in total. The van der Waals surface area contributed by atoms with Crippen molar-refractivity contribution >= 4 is 28.5 Å². The molecule has 0 bridgehead atoms. The topological polar surface area (TPSA) is 53.7 Å². The second-order valence-corrected chi connectivity index (χ2v) is 7.17. The SMILES string of the molecule is O=C(c1cc2ccccc2o1)N1CCC(O)(C#Cc2cccc(Cl)c2)CC1. The molecule has 0 radical (unpaired) electrons. The smallest absolute Gasteiger partial charge is 0.289 e. The van der Waals surface area contributed by atoms with Gasteiger partial charge in [0.05, 0.1) is 0 Å². The fraction of sp³-hybridized carbons (Fsp3) is 0.227. The zero-order valence-corrected chi connectivity index (χ0v) is 15.4. The summed E-state index contributed by atoms with van der Waals surface area (Å²) in [7, 11) is 0. The molecule has 1 saturated heterocycles. The van der Waals surface area contributed by atoms with Gasteiger partial charge in [0, 0.05) is 41.9 Å². The van der Waals surface area contributed by atoms with E-state index in [2.05, 4.69) is 11.8 Å². The Morgan fingerprint density at radius 1 is 1.11 bits per heavy atom. The Labute approximate surface area is 162 Å². The van der Waals surface area contributed by atoms with E-state index >= 15 is 0 Å². The van der Waals surface area contributed by atoms with Gasteiger partial charge in [-0.2, -0.15) is 0 Å². The quantitative estimate of drug-likeness (QED) is 0.647. The van der Waals surface area contributed by atoms with Crippen LogP contribution in [0.3, 0.4) is 0 Å². The van der Waals surface area contributed by atoms with Crippen molar-refractivity contribution in [2.75, 3.05) is 13.1 Å². The van der Waals surface area contributed by atoms with Crippen molar-refractivity contribution in [2.45, 2.75) is 18.4 Å². The van der Waals surface area contributed by atoms with Crippen LogP contribution >= 0.6 is 11.6 Å². The van der Waals surface area contributed by atoms with Crippen molar-refractivity contribution < 1.29 is 14.3 Å². The number of rotatable bonds is 1. The molecule has 1 fully saturated rings. The average Bonchev–Trinajstić information content (AvgIpc) is 3.11. The van der Waals surface area contributed by atoms with Crippen LogP contribution in [0.4, 0.5) is 0 Å². The maximum absolute atomic E-state index is 12.7. The minimum Gasteiger partial charge on any atom is -0.451 e. The molecule has 1 N–H and O–H groups in total. The minimum atomic E-state index is -1.10. The maximum atomic E-state index is 12.7. The number of halogens is 1. The van der Waals surface area contributed by atoms with Gasteiger partial charge in [0.25, 0.3) is 5.91 Å². The Hall–Kier alpha value is -2.74. The van der Waals surface area contributed by atoms with Gasteiger partial charge in [-0.15, -0.1) is 0 Å². The van der Waals surface area contributed by atoms with E-state index in [1.807, 2.05) is 36.4 Å². The molecule has 0 atom stereocenters. The number of likely N-dealkylation sites (tertiary alicyclic amines) is 1. The molecule has 0 saturated carbocycles. The molecule has 2 aromatic carbocycles. The van der Waals surface area contributed by atoms with E-state index in [9.17, 15) is 9.90 Å². The Kier molecular flexibility index (Phi) is 4.65. The molecule has 2 heterocycles. The number of carbonyl (C=O) groups is 1. The van der Waals surface area contributed by atoms with Crippen LogP contribution in [0.15, 0.2) is 59.0 Å². The average molecular weight is 380 g/mol. The number of furan rings is 1. The van der Waals surface area contributed by atoms with Gasteiger partial charge in [0.15, 0.2) is 5.76 Å². The van der Waals surface area contributed by atoms with Crippen LogP contribution in [0, 0.1) is 11.8 Å². The number of nitrogens with zero attached hydrogens (tertiary/aromatic N) is 1. The first-order chi connectivity index (χ1) is 13.0. The number of aliphatic hydroxyl groups is 1. The Morgan fingerprint density at radius 3 is 2.63 bits per heavy atom. The number of hydrogen-bond donors (Lipinski definition) is 1. The molecule has 1 aromatic heterocycles. The summed E-state index contributed by atoms with van der Waals surface area (Å²) < 4.78 is 5.66. The molecular formula is C22H18ClNO3. The number of para-hydroxylation sites is 1. The lowest BCUT2D eigenvalue weighted by Crippen LogP contribution is -2.46. The number of carbonyl (C=O) groups excluding carboxylic acids is 1. The van der Waals surface area contributed by atoms with Crippen molar-refractivity contribution in [1.29, 1.82) is 0 Å². The largest absolute Gasteiger partial charge is 0.451 e. The predicted molar refractivity (Wildman–Crippen MR) is 105 cm³/mol. The molecular weight excluding hydrogens is 362 g/mol. The summed E-state index contributed by atoms with van der Waals surface area (Å²) >= 11 is 5.96. The van der Waals surface area contributed by atoms with E-state index in [0.717, 1.165) is 10.9 Å². The van der Waals surface area contributed by atoms with Crippen LogP contribution in [0.5, 0.6) is 0 Å². The van der Waals surface area contributed by atoms with Gasteiger partial charge >= 0.3 is 0 Å². The zero-order chi connectivity index (χ0) is 18.9. The summed E-state index contributed by atoms with van der Waals surface area (Å²) in [6, 6.07) is 16.5. The summed E-state index contributed by atoms with van der Waals surface area (Å²) in [5.74, 6) is 6.10. The minimum absolute atomic E-state index is 0.156. The fourth-order valence-electron chi connectivity index (χ4n) is 3.20. The molecule has 1 aliphatic heterocycles. The van der Waals surface area contributed by atoms with Gasteiger partial charge in [0.1, 0.15) is 11.2 Å². The van der Waals surface area contributed by atoms with E-state index < -0.39 is 5.60 Å². The molecule has 1 aliphatic rings. The highest BCUT2D eigenvalue weighted by atomic mass is 35.5. The van der Waals surface area contributed by atoms with Crippen molar-refractivity contribution in [2.24, 2.45) is 0 Å². The van der Waals surface area contributed by atoms with Gasteiger partial charge < -0.3 is 14.4 Å². The van der Waals surface area contributed by atoms with E-state index in [-0.39, 0.29) is 5.91 Å². The number of piperidine rings is 1. The third kappa shape index (κ3) is 3.85. The zero-order valence-electron chi connectivity index (χ0n) is 14.6. The van der Waals surface area contributed by atoms with Gasteiger partial charge in [-0.3, -0.25) is 4.79 Å². The highest BCUT2D eigenvalue weighted by molar-refractivity contribution is 6.30. The molecule has 1 amide bonds. The molecule has 0 aliphatic carbocycles. The summed E-state index contributed by atoms with van der Waals surface area (Å²) in [6.45, 7) is 0.854. The van der Waals surface area contributed by atoms with E-state index in [4.69, 9.17) is 16.0 Å². The van der Waals surface area contributed by atoms with Crippen molar-refractivity contribution in [3.8, 4) is 11.8 Å². The van der Waals surface area contributed by atoms with Gasteiger partial charge in [-0.05, 0) is 30.3 Å². The highest BCUT2D eigenvalue weighted by Crippen LogP contribution is 2.25. The monoisotopic (exact) mass is 379 g/mol. The lowest BCUT2D eigenvalue weighted by Gasteiger charge is -2.34. The van der Waals surface area contributed by atoms with Crippen LogP contribution in [0.1, 0.15) is 29.0 Å².